The molecule has 0 saturated heterocycles. The van der Waals surface area contributed by atoms with Gasteiger partial charge >= 0.3 is 203 Å². The number of hydrogen-bond donors (Lipinski definition) is 0. The normalized spacial score (nSPS) is 18.6. The Balaban J connectivity index is 0.00000137. The summed E-state index contributed by atoms with van der Waals surface area (Å²) in [6.45, 7) is 4.73. The van der Waals surface area contributed by atoms with Crippen LogP contribution in [0.25, 0.3) is 11.1 Å². The van der Waals surface area contributed by atoms with E-state index in [0.29, 0.717) is 0 Å². The Kier molecular flexibility index (Phi) is 8.88. The van der Waals surface area contributed by atoms with Gasteiger partial charge in [-0.1, -0.05) is 0 Å². The van der Waals surface area contributed by atoms with Crippen molar-refractivity contribution in [3.05, 3.63) is 74.1 Å². The third kappa shape index (κ3) is 4.79. The van der Waals surface area contributed by atoms with Crippen LogP contribution in [0.2, 0.25) is 11.1 Å². The van der Waals surface area contributed by atoms with Gasteiger partial charge in [0.25, 0.3) is 0 Å². The Hall–Kier alpha value is -0.400. The maximum Gasteiger partial charge on any atom is -1.00 e. The van der Waals surface area contributed by atoms with E-state index in [1.807, 2.05) is 6.55 Å². The SMILES string of the molecule is Cc1ccc2c(c1)Cc1c-2ccc(C)[c]1[Zr+2]([C]1=CC=CC1)=[Si](C1CCCC1)C1CCCC1.[Cl-].[Cl-]. The van der Waals surface area contributed by atoms with Crippen molar-refractivity contribution in [1.29, 1.82) is 0 Å². The molecule has 0 radical (unpaired) electrons. The van der Waals surface area contributed by atoms with Gasteiger partial charge in [0.05, 0.1) is 0 Å². The van der Waals surface area contributed by atoms with Gasteiger partial charge in [-0.3, -0.25) is 0 Å². The summed E-state index contributed by atoms with van der Waals surface area (Å²) >= 11 is -1.99. The van der Waals surface area contributed by atoms with Crippen LogP contribution in [-0.4, -0.2) is 5.43 Å². The number of fused-ring (bicyclic) bond motifs is 3. The molecule has 0 spiro atoms. The molecule has 4 aliphatic carbocycles. The second-order valence-corrected chi connectivity index (χ2v) is 25.1. The molecule has 34 heavy (non-hydrogen) atoms. The molecule has 0 heterocycles. The second kappa shape index (κ2) is 11.3. The van der Waals surface area contributed by atoms with Crippen LogP contribution in [0.3, 0.4) is 0 Å². The molecule has 4 aliphatic rings. The first kappa shape index (κ1) is 26.7. The summed E-state index contributed by atoms with van der Waals surface area (Å²) < 4.78 is 3.91. The molecular formula is C30H36Cl2SiZr. The summed E-state index contributed by atoms with van der Waals surface area (Å²) in [5, 5.41) is 0. The Morgan fingerprint density at radius 3 is 2.09 bits per heavy atom. The van der Waals surface area contributed by atoms with Gasteiger partial charge < -0.3 is 24.8 Å². The van der Waals surface area contributed by atoms with Crippen LogP contribution in [0.5, 0.6) is 0 Å². The maximum atomic E-state index is 2.61. The summed E-state index contributed by atoms with van der Waals surface area (Å²) in [7, 11) is 0. The van der Waals surface area contributed by atoms with E-state index >= 15 is 0 Å². The second-order valence-electron chi connectivity index (χ2n) is 10.7. The van der Waals surface area contributed by atoms with Crippen LogP contribution in [0.15, 0.2) is 51.8 Å². The number of allylic oxidation sites excluding steroid dienone is 4. The summed E-state index contributed by atoms with van der Waals surface area (Å²) in [6, 6.07) is 12.2. The maximum absolute atomic E-state index is 2.61. The number of benzene rings is 2. The van der Waals surface area contributed by atoms with Gasteiger partial charge in [-0.25, -0.2) is 0 Å². The van der Waals surface area contributed by atoms with Crippen molar-refractivity contribution in [1.82, 2.24) is 0 Å². The first-order chi connectivity index (χ1) is 15.7. The van der Waals surface area contributed by atoms with Gasteiger partial charge in [-0.05, 0) is 0 Å². The summed E-state index contributed by atoms with van der Waals surface area (Å²) in [4.78, 5) is 0. The molecule has 0 atom stereocenters. The average molecular weight is 587 g/mol. The molecule has 0 nitrogen and oxygen atoms in total. The Morgan fingerprint density at radius 1 is 0.824 bits per heavy atom. The van der Waals surface area contributed by atoms with E-state index in [1.165, 1.54) is 49.7 Å². The number of rotatable bonds is 4. The van der Waals surface area contributed by atoms with Crippen molar-refractivity contribution < 1.29 is 45.2 Å². The first-order valence-corrected chi connectivity index (χ1v) is 20.8. The minimum Gasteiger partial charge on any atom is -1.00 e. The number of aryl methyl sites for hydroxylation is 2. The number of hydrogen-bond acceptors (Lipinski definition) is 0. The minimum atomic E-state index is -1.99. The predicted octanol–water partition coefficient (Wildman–Crippen LogP) is 1.85. The molecule has 0 N–H and O–H groups in total. The van der Waals surface area contributed by atoms with Crippen molar-refractivity contribution in [3.8, 4) is 11.1 Å². The summed E-state index contributed by atoms with van der Waals surface area (Å²) in [6.07, 6.45) is 22.2. The molecule has 0 amide bonds. The fraction of sp³-hybridized carbons (Fsp3) is 0.467. The molecule has 0 unspecified atom stereocenters. The quantitative estimate of drug-likeness (QED) is 0.410. The zero-order valence-electron chi connectivity index (χ0n) is 20.6. The molecular weight excluding hydrogens is 551 g/mol. The smallest absolute Gasteiger partial charge is 1.00 e. The van der Waals surface area contributed by atoms with Crippen molar-refractivity contribution in [2.75, 3.05) is 0 Å². The van der Waals surface area contributed by atoms with Gasteiger partial charge in [0, 0.05) is 0 Å². The zero-order chi connectivity index (χ0) is 21.7. The molecule has 0 aliphatic heterocycles. The molecule has 178 valence electrons. The minimum absolute atomic E-state index is 0. The van der Waals surface area contributed by atoms with Crippen LogP contribution < -0.4 is 28.1 Å². The Labute approximate surface area is 226 Å². The fourth-order valence-corrected chi connectivity index (χ4v) is 34.4. The van der Waals surface area contributed by atoms with Crippen LogP contribution in [-0.2, 0) is 26.8 Å². The average Bonchev–Trinajstić information content (AvgIpc) is 3.60. The molecule has 2 aromatic carbocycles. The van der Waals surface area contributed by atoms with Gasteiger partial charge in [-0.15, -0.1) is 0 Å². The summed E-state index contributed by atoms with van der Waals surface area (Å²) in [5.41, 5.74) is 11.4. The van der Waals surface area contributed by atoms with E-state index in [-0.39, 0.29) is 30.2 Å². The zero-order valence-corrected chi connectivity index (χ0v) is 25.6. The molecule has 4 heteroatoms. The summed E-state index contributed by atoms with van der Waals surface area (Å²) in [5.74, 6) is 0. The van der Waals surface area contributed by atoms with Gasteiger partial charge in [0.1, 0.15) is 0 Å². The third-order valence-electron chi connectivity index (χ3n) is 8.66. The van der Waals surface area contributed by atoms with E-state index < -0.39 is 20.4 Å². The number of halogens is 2. The van der Waals surface area contributed by atoms with E-state index in [2.05, 4.69) is 62.4 Å². The van der Waals surface area contributed by atoms with Crippen molar-refractivity contribution >= 4 is 8.70 Å². The molecule has 2 saturated carbocycles. The van der Waals surface area contributed by atoms with Gasteiger partial charge in [0.2, 0.25) is 0 Å². The predicted molar refractivity (Wildman–Crippen MR) is 136 cm³/mol. The first-order valence-electron chi connectivity index (χ1n) is 13.0. The van der Waals surface area contributed by atoms with Crippen LogP contribution in [0.4, 0.5) is 0 Å². The van der Waals surface area contributed by atoms with Crippen LogP contribution >= 0.6 is 0 Å². The van der Waals surface area contributed by atoms with E-state index in [4.69, 9.17) is 0 Å². The van der Waals surface area contributed by atoms with Crippen molar-refractivity contribution in [3.63, 3.8) is 0 Å². The standard InChI is InChI=1S/C15H13.C10H18Si.C5H5.2ClH.Zr/c1-10-3-5-14-12(7-10)9-13-8-11(2)4-6-15(13)14;1-2-6-9(5-1)11-10-7-3-4-8-10;1-2-4-5-3-1;;;/h3-7H,9H2,1-2H3;9-10H,1-8H2;1-3H,4H2;2*1H;/q;;;;;+2/p-2. The van der Waals surface area contributed by atoms with Crippen molar-refractivity contribution in [2.45, 2.75) is 89.1 Å². The fourth-order valence-electron chi connectivity index (χ4n) is 7.21. The van der Waals surface area contributed by atoms with Gasteiger partial charge in [-0.2, -0.15) is 0 Å². The molecule has 6 rings (SSSR count). The third-order valence-corrected chi connectivity index (χ3v) is 31.2. The molecule has 2 aromatic rings. The van der Waals surface area contributed by atoms with Crippen LogP contribution in [0.1, 0.15) is 80.0 Å². The van der Waals surface area contributed by atoms with Crippen molar-refractivity contribution in [2.24, 2.45) is 0 Å². The Morgan fingerprint density at radius 2 is 1.47 bits per heavy atom. The monoisotopic (exact) mass is 584 g/mol. The van der Waals surface area contributed by atoms with Crippen LogP contribution in [0, 0.1) is 13.8 Å². The molecule has 2 fully saturated rings. The largest absolute Gasteiger partial charge is 1.00 e. The Bertz CT molecular complexity index is 1150. The van der Waals surface area contributed by atoms with E-state index in [0.717, 1.165) is 11.1 Å². The van der Waals surface area contributed by atoms with E-state index in [9.17, 15) is 0 Å². The van der Waals surface area contributed by atoms with E-state index in [1.54, 1.807) is 47.9 Å². The topological polar surface area (TPSA) is 0 Å². The molecule has 0 bridgehead atoms. The molecule has 0 aromatic heterocycles. The van der Waals surface area contributed by atoms with Gasteiger partial charge in [0.15, 0.2) is 0 Å².